The first-order valence-electron chi connectivity index (χ1n) is 7.31. The molecule has 0 unspecified atom stereocenters. The second kappa shape index (κ2) is 6.19. The van der Waals surface area contributed by atoms with E-state index in [1.807, 2.05) is 24.8 Å². The number of hydrogen-bond donors (Lipinski definition) is 2. The van der Waals surface area contributed by atoms with Crippen molar-refractivity contribution in [3.63, 3.8) is 0 Å². The van der Waals surface area contributed by atoms with Gasteiger partial charge in [0.15, 0.2) is 0 Å². The Hall–Kier alpha value is -1.00. The molecule has 0 bridgehead atoms. The lowest BCUT2D eigenvalue weighted by Crippen LogP contribution is -2.33. The highest BCUT2D eigenvalue weighted by Gasteiger charge is 2.32. The van der Waals surface area contributed by atoms with Gasteiger partial charge in [0.05, 0.1) is 0 Å². The van der Waals surface area contributed by atoms with Crippen LogP contribution in [0, 0.1) is 25.7 Å². The predicted octanol–water partition coefficient (Wildman–Crippen LogP) is 2.12. The van der Waals surface area contributed by atoms with Crippen LogP contribution in [0.5, 0.6) is 0 Å². The van der Waals surface area contributed by atoms with Gasteiger partial charge in [0.1, 0.15) is 5.69 Å². The summed E-state index contributed by atoms with van der Waals surface area (Å²) in [6, 6.07) is 2.05. The molecule has 0 radical (unpaired) electrons. The maximum atomic E-state index is 12.6. The number of amides is 1. The topological polar surface area (TPSA) is 48.1 Å². The molecule has 3 heterocycles. The molecule has 5 heteroatoms. The van der Waals surface area contributed by atoms with E-state index in [-0.39, 0.29) is 18.3 Å². The molecular weight excluding hydrogens is 274 g/mol. The number of aromatic amines is 1. The van der Waals surface area contributed by atoms with Gasteiger partial charge in [0.2, 0.25) is 0 Å². The Kier molecular flexibility index (Phi) is 4.76. The maximum Gasteiger partial charge on any atom is 0.270 e. The van der Waals surface area contributed by atoms with Crippen LogP contribution in [0.4, 0.5) is 0 Å². The number of rotatable bonds is 1. The molecule has 1 aromatic heterocycles. The van der Waals surface area contributed by atoms with Gasteiger partial charge in [0.25, 0.3) is 5.91 Å². The van der Waals surface area contributed by atoms with E-state index in [1.165, 1.54) is 0 Å². The Morgan fingerprint density at radius 2 is 1.80 bits per heavy atom. The number of hydrogen-bond acceptors (Lipinski definition) is 2. The van der Waals surface area contributed by atoms with Gasteiger partial charge in [-0.2, -0.15) is 0 Å². The monoisotopic (exact) mass is 297 g/mol. The van der Waals surface area contributed by atoms with Gasteiger partial charge in [-0.3, -0.25) is 4.79 Å². The maximum absolute atomic E-state index is 12.6. The quantitative estimate of drug-likeness (QED) is 0.834. The van der Waals surface area contributed by atoms with Crippen molar-refractivity contribution in [3.05, 3.63) is 23.0 Å². The van der Waals surface area contributed by atoms with Crippen LogP contribution in [0.3, 0.4) is 0 Å². The van der Waals surface area contributed by atoms with Crippen molar-refractivity contribution in [2.75, 3.05) is 26.2 Å². The lowest BCUT2D eigenvalue weighted by molar-refractivity contribution is 0.0752. The van der Waals surface area contributed by atoms with Crippen LogP contribution in [-0.2, 0) is 0 Å². The fourth-order valence-corrected chi connectivity index (χ4v) is 3.53. The number of nitrogens with one attached hydrogen (secondary N) is 2. The van der Waals surface area contributed by atoms with Crippen LogP contribution >= 0.6 is 12.4 Å². The van der Waals surface area contributed by atoms with Gasteiger partial charge in [-0.1, -0.05) is 0 Å². The first kappa shape index (κ1) is 15.4. The summed E-state index contributed by atoms with van der Waals surface area (Å²) < 4.78 is 0. The second-order valence-electron chi connectivity index (χ2n) is 6.06. The summed E-state index contributed by atoms with van der Waals surface area (Å²) in [6.07, 6.45) is 2.28. The van der Waals surface area contributed by atoms with Crippen LogP contribution in [0.25, 0.3) is 0 Å². The fraction of sp³-hybridized carbons (Fsp3) is 0.667. The summed E-state index contributed by atoms with van der Waals surface area (Å²) in [5.41, 5.74) is 2.91. The number of aromatic nitrogens is 1. The van der Waals surface area contributed by atoms with Crippen molar-refractivity contribution in [1.82, 2.24) is 15.2 Å². The molecular formula is C15H24ClN3O. The molecule has 4 nitrogen and oxygen atoms in total. The van der Waals surface area contributed by atoms with Crippen LogP contribution in [0.2, 0.25) is 0 Å². The molecule has 1 aromatic rings. The second-order valence-corrected chi connectivity index (χ2v) is 6.06. The number of halogens is 1. The van der Waals surface area contributed by atoms with Crippen molar-refractivity contribution in [3.8, 4) is 0 Å². The number of nitrogens with zero attached hydrogens (tertiary/aromatic N) is 1. The average molecular weight is 298 g/mol. The van der Waals surface area contributed by atoms with Crippen molar-refractivity contribution < 1.29 is 4.79 Å². The number of carbonyl (C=O) groups excluding carboxylic acids is 1. The van der Waals surface area contributed by atoms with E-state index >= 15 is 0 Å². The van der Waals surface area contributed by atoms with Crippen LogP contribution < -0.4 is 5.32 Å². The van der Waals surface area contributed by atoms with E-state index in [4.69, 9.17) is 0 Å². The van der Waals surface area contributed by atoms with E-state index in [0.29, 0.717) is 0 Å². The molecule has 2 atom stereocenters. The van der Waals surface area contributed by atoms with Crippen LogP contribution in [0.1, 0.15) is 34.6 Å². The zero-order chi connectivity index (χ0) is 13.4. The summed E-state index contributed by atoms with van der Waals surface area (Å²) in [4.78, 5) is 17.8. The molecule has 2 fully saturated rings. The zero-order valence-corrected chi connectivity index (χ0v) is 13.1. The van der Waals surface area contributed by atoms with E-state index in [9.17, 15) is 4.79 Å². The molecule has 3 rings (SSSR count). The zero-order valence-electron chi connectivity index (χ0n) is 12.2. The van der Waals surface area contributed by atoms with E-state index < -0.39 is 0 Å². The van der Waals surface area contributed by atoms with Gasteiger partial charge in [-0.05, 0) is 63.2 Å². The highest BCUT2D eigenvalue weighted by molar-refractivity contribution is 5.94. The van der Waals surface area contributed by atoms with Crippen molar-refractivity contribution in [2.45, 2.75) is 26.7 Å². The lowest BCUT2D eigenvalue weighted by atomic mass is 9.92. The number of likely N-dealkylation sites (tertiary alicyclic amines) is 1. The van der Waals surface area contributed by atoms with Gasteiger partial charge >= 0.3 is 0 Å². The van der Waals surface area contributed by atoms with Crippen LogP contribution in [0.15, 0.2) is 6.07 Å². The minimum atomic E-state index is 0. The molecule has 1 amide bonds. The molecule has 0 saturated carbocycles. The van der Waals surface area contributed by atoms with Crippen molar-refractivity contribution in [1.29, 1.82) is 0 Å². The Labute approximate surface area is 126 Å². The molecule has 20 heavy (non-hydrogen) atoms. The Morgan fingerprint density at radius 1 is 1.20 bits per heavy atom. The Bertz CT molecular complexity index is 471. The highest BCUT2D eigenvalue weighted by atomic mass is 35.5. The highest BCUT2D eigenvalue weighted by Crippen LogP contribution is 2.27. The van der Waals surface area contributed by atoms with Crippen molar-refractivity contribution >= 4 is 18.3 Å². The molecule has 2 saturated heterocycles. The van der Waals surface area contributed by atoms with Gasteiger partial charge in [-0.25, -0.2) is 0 Å². The smallest absolute Gasteiger partial charge is 0.270 e. The third kappa shape index (κ3) is 2.86. The van der Waals surface area contributed by atoms with E-state index in [0.717, 1.165) is 67.8 Å². The Morgan fingerprint density at radius 3 is 2.30 bits per heavy atom. The molecule has 0 aromatic carbocycles. The predicted molar refractivity (Wildman–Crippen MR) is 82.5 cm³/mol. The van der Waals surface area contributed by atoms with Crippen molar-refractivity contribution in [2.24, 2.45) is 11.8 Å². The summed E-state index contributed by atoms with van der Waals surface area (Å²) >= 11 is 0. The largest absolute Gasteiger partial charge is 0.354 e. The van der Waals surface area contributed by atoms with Crippen LogP contribution in [-0.4, -0.2) is 42.0 Å². The minimum Gasteiger partial charge on any atom is -0.354 e. The summed E-state index contributed by atoms with van der Waals surface area (Å²) in [5.74, 6) is 1.71. The molecule has 2 aliphatic rings. The van der Waals surface area contributed by atoms with Gasteiger partial charge in [-0.15, -0.1) is 12.4 Å². The summed E-state index contributed by atoms with van der Waals surface area (Å²) in [5, 5.41) is 3.47. The van der Waals surface area contributed by atoms with E-state index in [1.54, 1.807) is 0 Å². The third-order valence-electron chi connectivity index (χ3n) is 4.67. The number of H-pyrrole nitrogens is 1. The summed E-state index contributed by atoms with van der Waals surface area (Å²) in [6.45, 7) is 8.08. The third-order valence-corrected chi connectivity index (χ3v) is 4.67. The SMILES string of the molecule is Cc1cc(C)c(C(=O)N2CC[C@@H]3CNC[C@@H]3CC2)[nH]1.Cl. The fourth-order valence-electron chi connectivity index (χ4n) is 3.53. The molecule has 0 spiro atoms. The molecule has 0 aliphatic carbocycles. The average Bonchev–Trinajstić information content (AvgIpc) is 2.90. The van der Waals surface area contributed by atoms with E-state index in [2.05, 4.69) is 10.3 Å². The first-order valence-corrected chi connectivity index (χ1v) is 7.31. The molecule has 2 N–H and O–H groups in total. The van der Waals surface area contributed by atoms with Gasteiger partial charge < -0.3 is 15.2 Å². The Balaban J connectivity index is 0.00000147. The number of aryl methyl sites for hydroxylation is 2. The molecule has 2 aliphatic heterocycles. The molecule has 112 valence electrons. The number of fused-ring (bicyclic) bond motifs is 1. The standard InChI is InChI=1S/C15H23N3O.ClH/c1-10-7-11(2)17-14(10)15(19)18-5-3-12-8-16-9-13(12)4-6-18;/h7,12-13,16-17H,3-6,8-9H2,1-2H3;1H/t12-,13+;. The number of carbonyl (C=O) groups is 1. The first-order chi connectivity index (χ1) is 9.15. The minimum absolute atomic E-state index is 0. The van der Waals surface area contributed by atoms with Gasteiger partial charge in [0, 0.05) is 18.8 Å². The normalized spacial score (nSPS) is 25.8. The lowest BCUT2D eigenvalue weighted by Gasteiger charge is -2.20. The summed E-state index contributed by atoms with van der Waals surface area (Å²) in [7, 11) is 0.